The van der Waals surface area contributed by atoms with Gasteiger partial charge in [0.2, 0.25) is 0 Å². The van der Waals surface area contributed by atoms with Crippen molar-refractivity contribution in [2.24, 2.45) is 5.92 Å². The summed E-state index contributed by atoms with van der Waals surface area (Å²) >= 11 is 0. The van der Waals surface area contributed by atoms with Gasteiger partial charge in [0.15, 0.2) is 0 Å². The predicted octanol–water partition coefficient (Wildman–Crippen LogP) is 5.77. The van der Waals surface area contributed by atoms with E-state index in [0.717, 1.165) is 6.42 Å². The third kappa shape index (κ3) is 3.05. The van der Waals surface area contributed by atoms with E-state index in [4.69, 9.17) is 4.74 Å². The molecule has 1 heteroatoms. The normalized spacial score (nSPS) is 27.4. The van der Waals surface area contributed by atoms with E-state index in [9.17, 15) is 0 Å². The predicted molar refractivity (Wildman–Crippen MR) is 93.7 cm³/mol. The summed E-state index contributed by atoms with van der Waals surface area (Å²) in [7, 11) is 0. The van der Waals surface area contributed by atoms with E-state index in [2.05, 4.69) is 57.2 Å². The van der Waals surface area contributed by atoms with Crippen LogP contribution in [0.3, 0.4) is 0 Å². The molecule has 0 amide bonds. The highest BCUT2D eigenvalue weighted by Gasteiger charge is 2.34. The van der Waals surface area contributed by atoms with Gasteiger partial charge < -0.3 is 4.74 Å². The summed E-state index contributed by atoms with van der Waals surface area (Å²) < 4.78 is 6.48. The van der Waals surface area contributed by atoms with E-state index in [1.54, 1.807) is 11.1 Å². The van der Waals surface area contributed by atoms with Crippen molar-refractivity contribution >= 4 is 6.08 Å². The fourth-order valence-corrected chi connectivity index (χ4v) is 3.99. The van der Waals surface area contributed by atoms with E-state index in [-0.39, 0.29) is 6.10 Å². The molecule has 0 bridgehead atoms. The summed E-state index contributed by atoms with van der Waals surface area (Å²) in [5, 5.41) is 0. The smallest absolute Gasteiger partial charge is 0.0833 e. The average molecular weight is 296 g/mol. The van der Waals surface area contributed by atoms with Crippen molar-refractivity contribution in [2.45, 2.75) is 65.1 Å². The lowest BCUT2D eigenvalue weighted by molar-refractivity contribution is 0.00446. The monoisotopic (exact) mass is 296 g/mol. The molecule has 22 heavy (non-hydrogen) atoms. The van der Waals surface area contributed by atoms with Crippen LogP contribution in [0, 0.1) is 5.92 Å². The Kier molecular flexibility index (Phi) is 4.83. The van der Waals surface area contributed by atoms with Gasteiger partial charge in [0.1, 0.15) is 0 Å². The van der Waals surface area contributed by atoms with Crippen LogP contribution in [0.4, 0.5) is 0 Å². The first-order valence-electron chi connectivity index (χ1n) is 8.86. The van der Waals surface area contributed by atoms with Crippen LogP contribution in [0.2, 0.25) is 0 Å². The summed E-state index contributed by atoms with van der Waals surface area (Å²) in [5.74, 6) is 0.573. The fourth-order valence-electron chi connectivity index (χ4n) is 3.99. The Morgan fingerprint density at radius 2 is 1.95 bits per heavy atom. The Morgan fingerprint density at radius 1 is 1.18 bits per heavy atom. The molecule has 3 rings (SSSR count). The van der Waals surface area contributed by atoms with Crippen LogP contribution in [0.15, 0.2) is 47.1 Å². The van der Waals surface area contributed by atoms with Crippen molar-refractivity contribution in [3.63, 3.8) is 0 Å². The quantitative estimate of drug-likeness (QED) is 0.687. The minimum atomic E-state index is 0.254. The third-order valence-corrected chi connectivity index (χ3v) is 4.95. The molecule has 0 spiro atoms. The van der Waals surface area contributed by atoms with Gasteiger partial charge in [-0.05, 0) is 60.0 Å². The SMILES string of the molecule is CC[C@@H]1O[C@@H]2CCCCC2=C(C(C)C)/C1=C\c1ccccc1. The highest BCUT2D eigenvalue weighted by Crippen LogP contribution is 2.42. The maximum Gasteiger partial charge on any atom is 0.0833 e. The standard InChI is InChI=1S/C21H28O/c1-4-19-18(14-16-10-6-5-7-11-16)21(15(2)3)17-12-8-9-13-20(17)22-19/h5-7,10-11,14-15,19-20H,4,8-9,12-13H2,1-3H3/b18-14-/t19-,20+/m0/s1. The third-order valence-electron chi connectivity index (χ3n) is 4.95. The van der Waals surface area contributed by atoms with Crippen molar-refractivity contribution < 1.29 is 4.74 Å². The second kappa shape index (κ2) is 6.83. The maximum absolute atomic E-state index is 6.48. The molecule has 0 radical (unpaired) electrons. The molecule has 1 aliphatic carbocycles. The van der Waals surface area contributed by atoms with E-state index in [1.807, 2.05) is 0 Å². The molecule has 2 aliphatic rings. The van der Waals surface area contributed by atoms with E-state index < -0.39 is 0 Å². The Hall–Kier alpha value is -1.34. The summed E-state index contributed by atoms with van der Waals surface area (Å²) in [6.45, 7) is 6.92. The van der Waals surface area contributed by atoms with E-state index >= 15 is 0 Å². The highest BCUT2D eigenvalue weighted by atomic mass is 16.5. The summed E-state index contributed by atoms with van der Waals surface area (Å²) in [5.41, 5.74) is 5.89. The second-order valence-electron chi connectivity index (χ2n) is 6.87. The Morgan fingerprint density at radius 3 is 2.64 bits per heavy atom. The van der Waals surface area contributed by atoms with E-state index in [1.165, 1.54) is 36.8 Å². The lowest BCUT2D eigenvalue weighted by atomic mass is 9.77. The minimum absolute atomic E-state index is 0.254. The Balaban J connectivity index is 2.09. The molecule has 1 nitrogen and oxygen atoms in total. The first-order valence-corrected chi connectivity index (χ1v) is 8.86. The van der Waals surface area contributed by atoms with Gasteiger partial charge in [-0.25, -0.2) is 0 Å². The van der Waals surface area contributed by atoms with Gasteiger partial charge in [0.25, 0.3) is 0 Å². The number of hydrogen-bond donors (Lipinski definition) is 0. The molecule has 1 aromatic rings. The van der Waals surface area contributed by atoms with Crippen molar-refractivity contribution in [2.75, 3.05) is 0 Å². The van der Waals surface area contributed by atoms with Crippen LogP contribution in [-0.4, -0.2) is 12.2 Å². The first-order chi connectivity index (χ1) is 10.7. The summed E-state index contributed by atoms with van der Waals surface area (Å²) in [6, 6.07) is 10.7. The topological polar surface area (TPSA) is 9.23 Å². The van der Waals surface area contributed by atoms with Gasteiger partial charge in [0, 0.05) is 0 Å². The summed E-state index contributed by atoms with van der Waals surface area (Å²) in [6.07, 6.45) is 9.11. The van der Waals surface area contributed by atoms with Gasteiger partial charge in [-0.3, -0.25) is 0 Å². The van der Waals surface area contributed by atoms with Crippen molar-refractivity contribution in [1.82, 2.24) is 0 Å². The molecule has 1 fully saturated rings. The molecule has 2 atom stereocenters. The number of fused-ring (bicyclic) bond motifs is 1. The van der Waals surface area contributed by atoms with Gasteiger partial charge in [0.05, 0.1) is 12.2 Å². The zero-order valence-corrected chi connectivity index (χ0v) is 14.1. The lowest BCUT2D eigenvalue weighted by Gasteiger charge is -2.40. The van der Waals surface area contributed by atoms with E-state index in [0.29, 0.717) is 12.0 Å². The number of rotatable bonds is 3. The molecule has 0 N–H and O–H groups in total. The Bertz CT molecular complexity index is 565. The van der Waals surface area contributed by atoms with Crippen molar-refractivity contribution in [3.05, 3.63) is 52.6 Å². The highest BCUT2D eigenvalue weighted by molar-refractivity contribution is 5.62. The molecule has 0 aromatic heterocycles. The zero-order chi connectivity index (χ0) is 15.5. The largest absolute Gasteiger partial charge is 0.366 e. The fraction of sp³-hybridized carbons (Fsp3) is 0.524. The van der Waals surface area contributed by atoms with Crippen LogP contribution in [0.5, 0.6) is 0 Å². The molecule has 0 unspecified atom stereocenters. The molecular weight excluding hydrogens is 268 g/mol. The Labute approximate surface area is 135 Å². The number of benzene rings is 1. The van der Waals surface area contributed by atoms with Crippen LogP contribution in [-0.2, 0) is 4.74 Å². The van der Waals surface area contributed by atoms with Gasteiger partial charge >= 0.3 is 0 Å². The van der Waals surface area contributed by atoms with Crippen molar-refractivity contribution in [1.29, 1.82) is 0 Å². The van der Waals surface area contributed by atoms with Gasteiger partial charge in [-0.1, -0.05) is 57.5 Å². The van der Waals surface area contributed by atoms with Crippen LogP contribution >= 0.6 is 0 Å². The first kappa shape index (κ1) is 15.6. The number of hydrogen-bond acceptors (Lipinski definition) is 1. The molecule has 1 aliphatic heterocycles. The number of ether oxygens (including phenoxy) is 1. The molecule has 118 valence electrons. The maximum atomic E-state index is 6.48. The zero-order valence-electron chi connectivity index (χ0n) is 14.1. The lowest BCUT2D eigenvalue weighted by Crippen LogP contribution is -2.35. The second-order valence-corrected chi connectivity index (χ2v) is 6.87. The van der Waals surface area contributed by atoms with Crippen LogP contribution < -0.4 is 0 Å². The average Bonchev–Trinajstić information content (AvgIpc) is 2.54. The van der Waals surface area contributed by atoms with Crippen LogP contribution in [0.25, 0.3) is 6.08 Å². The molecule has 1 heterocycles. The van der Waals surface area contributed by atoms with Gasteiger partial charge in [-0.15, -0.1) is 0 Å². The van der Waals surface area contributed by atoms with Crippen molar-refractivity contribution in [3.8, 4) is 0 Å². The minimum Gasteiger partial charge on any atom is -0.366 e. The molecular formula is C21H28O. The molecule has 1 saturated carbocycles. The molecule has 1 aromatic carbocycles. The van der Waals surface area contributed by atoms with Crippen LogP contribution in [0.1, 0.15) is 58.4 Å². The molecule has 0 saturated heterocycles. The van der Waals surface area contributed by atoms with Gasteiger partial charge in [-0.2, -0.15) is 0 Å². The summed E-state index contributed by atoms with van der Waals surface area (Å²) in [4.78, 5) is 0.